The summed E-state index contributed by atoms with van der Waals surface area (Å²) in [5.74, 6) is 0.0174. The SMILES string of the molecule is CCc1nc(COc2ccc(C)cc2C)sc1CC(=O)O. The van der Waals surface area contributed by atoms with Crippen LogP contribution in [0.25, 0.3) is 0 Å². The monoisotopic (exact) mass is 305 g/mol. The van der Waals surface area contributed by atoms with E-state index in [0.717, 1.165) is 33.3 Å². The largest absolute Gasteiger partial charge is 0.486 e. The molecule has 0 fully saturated rings. The van der Waals surface area contributed by atoms with E-state index in [1.54, 1.807) is 0 Å². The van der Waals surface area contributed by atoms with E-state index < -0.39 is 5.97 Å². The van der Waals surface area contributed by atoms with Crippen LogP contribution in [0.2, 0.25) is 0 Å². The van der Waals surface area contributed by atoms with Gasteiger partial charge in [0.2, 0.25) is 0 Å². The topological polar surface area (TPSA) is 59.4 Å². The fourth-order valence-electron chi connectivity index (χ4n) is 2.15. The number of ether oxygens (including phenoxy) is 1. The molecular weight excluding hydrogens is 286 g/mol. The zero-order valence-electron chi connectivity index (χ0n) is 12.5. The first-order valence-electron chi connectivity index (χ1n) is 6.89. The number of hydrogen-bond donors (Lipinski definition) is 1. The Bertz CT molecular complexity index is 649. The lowest BCUT2D eigenvalue weighted by molar-refractivity contribution is -0.136. The van der Waals surface area contributed by atoms with Crippen LogP contribution >= 0.6 is 11.3 Å². The predicted octanol–water partition coefficient (Wildman–Crippen LogP) is 3.53. The molecule has 2 aromatic rings. The van der Waals surface area contributed by atoms with Gasteiger partial charge < -0.3 is 9.84 Å². The van der Waals surface area contributed by atoms with Crippen molar-refractivity contribution in [2.45, 2.75) is 40.2 Å². The summed E-state index contributed by atoms with van der Waals surface area (Å²) in [5, 5.41) is 9.74. The lowest BCUT2D eigenvalue weighted by Crippen LogP contribution is -2.00. The average Bonchev–Trinajstić information content (AvgIpc) is 2.79. The van der Waals surface area contributed by atoms with E-state index in [2.05, 4.69) is 11.1 Å². The van der Waals surface area contributed by atoms with Gasteiger partial charge in [-0.2, -0.15) is 0 Å². The van der Waals surface area contributed by atoms with E-state index in [4.69, 9.17) is 9.84 Å². The van der Waals surface area contributed by atoms with E-state index in [-0.39, 0.29) is 6.42 Å². The highest BCUT2D eigenvalue weighted by Gasteiger charge is 2.13. The first-order valence-corrected chi connectivity index (χ1v) is 7.70. The van der Waals surface area contributed by atoms with Crippen molar-refractivity contribution >= 4 is 17.3 Å². The molecule has 0 spiro atoms. The zero-order valence-corrected chi connectivity index (χ0v) is 13.3. The third-order valence-corrected chi connectivity index (χ3v) is 4.22. The molecule has 0 atom stereocenters. The quantitative estimate of drug-likeness (QED) is 0.887. The third kappa shape index (κ3) is 4.04. The Balaban J connectivity index is 2.09. The van der Waals surface area contributed by atoms with Gasteiger partial charge in [0.1, 0.15) is 17.4 Å². The molecule has 1 heterocycles. The van der Waals surface area contributed by atoms with Crippen molar-refractivity contribution in [3.8, 4) is 5.75 Å². The Kier molecular flexibility index (Phi) is 4.96. The lowest BCUT2D eigenvalue weighted by atomic mass is 10.1. The molecule has 0 radical (unpaired) electrons. The summed E-state index contributed by atoms with van der Waals surface area (Å²) >= 11 is 1.42. The van der Waals surface area contributed by atoms with E-state index >= 15 is 0 Å². The molecule has 0 aliphatic carbocycles. The number of thiazole rings is 1. The van der Waals surface area contributed by atoms with Gasteiger partial charge >= 0.3 is 5.97 Å². The zero-order chi connectivity index (χ0) is 15.4. The van der Waals surface area contributed by atoms with Gasteiger partial charge in [-0.1, -0.05) is 24.6 Å². The molecule has 4 nitrogen and oxygen atoms in total. The standard InChI is InChI=1S/C16H19NO3S/c1-4-12-14(8-16(18)19)21-15(17-12)9-20-13-6-5-10(2)7-11(13)3/h5-7H,4,8-9H2,1-3H3,(H,18,19). The minimum Gasteiger partial charge on any atom is -0.486 e. The van der Waals surface area contributed by atoms with Gasteiger partial charge in [0, 0.05) is 4.88 Å². The summed E-state index contributed by atoms with van der Waals surface area (Å²) in [6.07, 6.45) is 0.771. The summed E-state index contributed by atoms with van der Waals surface area (Å²) < 4.78 is 5.80. The van der Waals surface area contributed by atoms with Crippen molar-refractivity contribution in [3.63, 3.8) is 0 Å². The molecule has 0 amide bonds. The fourth-order valence-corrected chi connectivity index (χ4v) is 3.21. The van der Waals surface area contributed by atoms with Crippen molar-refractivity contribution in [3.05, 3.63) is 44.9 Å². The molecule has 112 valence electrons. The van der Waals surface area contributed by atoms with Crippen molar-refractivity contribution in [2.24, 2.45) is 0 Å². The highest BCUT2D eigenvalue weighted by Crippen LogP contribution is 2.24. The minimum atomic E-state index is -0.824. The highest BCUT2D eigenvalue weighted by atomic mass is 32.1. The van der Waals surface area contributed by atoms with Crippen LogP contribution in [0.5, 0.6) is 5.75 Å². The molecule has 1 N–H and O–H groups in total. The van der Waals surface area contributed by atoms with Crippen LogP contribution in [-0.4, -0.2) is 16.1 Å². The number of carboxylic acids is 1. The van der Waals surface area contributed by atoms with Crippen molar-refractivity contribution < 1.29 is 14.6 Å². The normalized spacial score (nSPS) is 10.6. The van der Waals surface area contributed by atoms with Crippen LogP contribution < -0.4 is 4.74 Å². The number of carbonyl (C=O) groups is 1. The maximum absolute atomic E-state index is 10.8. The van der Waals surface area contributed by atoms with E-state index in [0.29, 0.717) is 6.61 Å². The van der Waals surface area contributed by atoms with Gasteiger partial charge in [-0.3, -0.25) is 4.79 Å². The maximum atomic E-state index is 10.8. The summed E-state index contributed by atoms with van der Waals surface area (Å²) in [4.78, 5) is 16.1. The van der Waals surface area contributed by atoms with Gasteiger partial charge in [0.05, 0.1) is 12.1 Å². The van der Waals surface area contributed by atoms with Gasteiger partial charge in [0.15, 0.2) is 0 Å². The van der Waals surface area contributed by atoms with Gasteiger partial charge in [-0.05, 0) is 31.9 Å². The smallest absolute Gasteiger partial charge is 0.308 e. The van der Waals surface area contributed by atoms with E-state index in [1.807, 2.05) is 32.9 Å². The second-order valence-corrected chi connectivity index (χ2v) is 6.13. The highest BCUT2D eigenvalue weighted by molar-refractivity contribution is 7.11. The molecule has 0 saturated carbocycles. The second kappa shape index (κ2) is 6.72. The number of nitrogens with zero attached hydrogens (tertiary/aromatic N) is 1. The maximum Gasteiger partial charge on any atom is 0.308 e. The number of aromatic nitrogens is 1. The van der Waals surface area contributed by atoms with Gasteiger partial charge in [-0.25, -0.2) is 4.98 Å². The summed E-state index contributed by atoms with van der Waals surface area (Å²) in [6, 6.07) is 6.04. The summed E-state index contributed by atoms with van der Waals surface area (Å²) in [5.41, 5.74) is 3.15. The first kappa shape index (κ1) is 15.5. The van der Waals surface area contributed by atoms with Crippen LogP contribution in [0, 0.1) is 13.8 Å². The van der Waals surface area contributed by atoms with Gasteiger partial charge in [0.25, 0.3) is 0 Å². The van der Waals surface area contributed by atoms with Crippen LogP contribution in [0.4, 0.5) is 0 Å². The average molecular weight is 305 g/mol. The van der Waals surface area contributed by atoms with Crippen LogP contribution in [0.1, 0.15) is 33.6 Å². The Hall–Kier alpha value is -1.88. The fraction of sp³-hybridized carbons (Fsp3) is 0.375. The Morgan fingerprint density at radius 1 is 1.38 bits per heavy atom. The summed E-state index contributed by atoms with van der Waals surface area (Å²) in [7, 11) is 0. The number of rotatable bonds is 6. The molecule has 1 aromatic carbocycles. The molecule has 0 unspecified atom stereocenters. The van der Waals surface area contributed by atoms with Crippen molar-refractivity contribution in [2.75, 3.05) is 0 Å². The molecule has 0 saturated heterocycles. The molecule has 0 bridgehead atoms. The number of benzene rings is 1. The Morgan fingerprint density at radius 2 is 2.14 bits per heavy atom. The van der Waals surface area contributed by atoms with Crippen LogP contribution in [0.3, 0.4) is 0 Å². The Morgan fingerprint density at radius 3 is 2.76 bits per heavy atom. The molecule has 0 aliphatic heterocycles. The van der Waals surface area contributed by atoms with Gasteiger partial charge in [-0.15, -0.1) is 11.3 Å². The molecule has 2 rings (SSSR count). The van der Waals surface area contributed by atoms with E-state index in [9.17, 15) is 4.79 Å². The number of hydrogen-bond acceptors (Lipinski definition) is 4. The number of aliphatic carboxylic acids is 1. The number of carboxylic acid groups (broad SMARTS) is 1. The molecular formula is C16H19NO3S. The third-order valence-electron chi connectivity index (χ3n) is 3.15. The number of aryl methyl sites for hydroxylation is 3. The van der Waals surface area contributed by atoms with Crippen molar-refractivity contribution in [1.29, 1.82) is 0 Å². The predicted molar refractivity (Wildman–Crippen MR) is 83.1 cm³/mol. The minimum absolute atomic E-state index is 0.0321. The Labute approximate surface area is 128 Å². The summed E-state index contributed by atoms with van der Waals surface area (Å²) in [6.45, 7) is 6.41. The van der Waals surface area contributed by atoms with Crippen LogP contribution in [0.15, 0.2) is 18.2 Å². The first-order chi connectivity index (χ1) is 9.99. The molecule has 5 heteroatoms. The molecule has 1 aromatic heterocycles. The van der Waals surface area contributed by atoms with Crippen molar-refractivity contribution in [1.82, 2.24) is 4.98 Å². The van der Waals surface area contributed by atoms with Crippen LogP contribution in [-0.2, 0) is 24.2 Å². The second-order valence-electron chi connectivity index (χ2n) is 4.96. The van der Waals surface area contributed by atoms with E-state index in [1.165, 1.54) is 16.9 Å². The molecule has 0 aliphatic rings. The lowest BCUT2D eigenvalue weighted by Gasteiger charge is -2.08. The molecule has 21 heavy (non-hydrogen) atoms.